The molecule has 6 nitrogen and oxygen atoms in total. The fourth-order valence-corrected chi connectivity index (χ4v) is 4.14. The summed E-state index contributed by atoms with van der Waals surface area (Å²) in [5.41, 5.74) is 0. The standard InChI is InChI=1S/C14H14O6S2.2Na/c15-21(16,19-13-7-3-1-4-8-13)11-12-22(17,18)20-14-9-5-2-6-10-14;;/h1-10H,11-12H2;;. The molecule has 0 aromatic heterocycles. The molecule has 0 N–H and O–H groups in total. The summed E-state index contributed by atoms with van der Waals surface area (Å²) in [5.74, 6) is -1.14. The predicted octanol–water partition coefficient (Wildman–Crippen LogP) is 1.04. The molecule has 0 amide bonds. The first kappa shape index (κ1) is 23.9. The van der Waals surface area contributed by atoms with Gasteiger partial charge in [-0.25, -0.2) is 0 Å². The Morgan fingerprint density at radius 1 is 0.583 bits per heavy atom. The third-order valence-corrected chi connectivity index (χ3v) is 5.08. The van der Waals surface area contributed by atoms with Crippen molar-refractivity contribution in [2.75, 3.05) is 11.5 Å². The van der Waals surface area contributed by atoms with Crippen LogP contribution in [0.3, 0.4) is 0 Å². The Morgan fingerprint density at radius 2 is 0.875 bits per heavy atom. The monoisotopic (exact) mass is 388 g/mol. The molecule has 0 heterocycles. The Balaban J connectivity index is 0.00000264. The maximum absolute atomic E-state index is 11.8. The molecule has 2 aromatic carbocycles. The summed E-state index contributed by atoms with van der Waals surface area (Å²) in [6, 6.07) is 15.7. The maximum atomic E-state index is 11.8. The van der Waals surface area contributed by atoms with Crippen molar-refractivity contribution < 1.29 is 25.2 Å². The van der Waals surface area contributed by atoms with Crippen LogP contribution in [-0.2, 0) is 20.2 Å². The van der Waals surface area contributed by atoms with E-state index in [0.717, 1.165) is 0 Å². The fourth-order valence-electron chi connectivity index (χ4n) is 1.53. The molecule has 0 bridgehead atoms. The van der Waals surface area contributed by atoms with Gasteiger partial charge in [-0.05, 0) is 24.3 Å². The summed E-state index contributed by atoms with van der Waals surface area (Å²) < 4.78 is 56.6. The van der Waals surface area contributed by atoms with Gasteiger partial charge in [-0.15, -0.1) is 0 Å². The minimum Gasteiger partial charge on any atom is -0.382 e. The van der Waals surface area contributed by atoms with Gasteiger partial charge < -0.3 is 8.37 Å². The second kappa shape index (κ2) is 10.8. The Kier molecular flexibility index (Phi) is 10.8. The van der Waals surface area contributed by atoms with Crippen LogP contribution < -0.4 is 8.37 Å². The average Bonchev–Trinajstić information content (AvgIpc) is 2.47. The zero-order chi connectivity index (χ0) is 16.1. The van der Waals surface area contributed by atoms with E-state index < -0.39 is 31.7 Å². The van der Waals surface area contributed by atoms with E-state index in [2.05, 4.69) is 0 Å². The van der Waals surface area contributed by atoms with Crippen molar-refractivity contribution in [2.45, 2.75) is 0 Å². The van der Waals surface area contributed by atoms with Crippen LogP contribution in [0.15, 0.2) is 60.7 Å². The summed E-state index contributed by atoms with van der Waals surface area (Å²) in [6.07, 6.45) is 0. The van der Waals surface area contributed by atoms with Gasteiger partial charge in [0.1, 0.15) is 23.0 Å². The molecule has 0 atom stereocenters. The van der Waals surface area contributed by atoms with Crippen molar-refractivity contribution in [1.29, 1.82) is 0 Å². The molecular weight excluding hydrogens is 374 g/mol. The van der Waals surface area contributed by atoms with E-state index in [4.69, 9.17) is 8.37 Å². The summed E-state index contributed by atoms with van der Waals surface area (Å²) >= 11 is 0. The molecule has 10 heteroatoms. The Bertz CT molecular complexity index is 737. The van der Waals surface area contributed by atoms with Crippen LogP contribution in [0.5, 0.6) is 11.5 Å². The quantitative estimate of drug-likeness (QED) is 0.520. The number of para-hydroxylation sites is 2. The van der Waals surface area contributed by atoms with E-state index in [1.807, 2.05) is 0 Å². The molecule has 0 unspecified atom stereocenters. The molecule has 2 radical (unpaired) electrons. The maximum Gasteiger partial charge on any atom is 0.310 e. The van der Waals surface area contributed by atoms with Gasteiger partial charge >= 0.3 is 20.2 Å². The topological polar surface area (TPSA) is 86.7 Å². The smallest absolute Gasteiger partial charge is 0.310 e. The van der Waals surface area contributed by atoms with Crippen LogP contribution in [0.1, 0.15) is 0 Å². The number of hydrogen-bond acceptors (Lipinski definition) is 6. The molecular formula is C14H14Na2O6S2. The van der Waals surface area contributed by atoms with Crippen LogP contribution in [-0.4, -0.2) is 87.5 Å². The molecule has 0 spiro atoms. The van der Waals surface area contributed by atoms with E-state index >= 15 is 0 Å². The van der Waals surface area contributed by atoms with Crippen LogP contribution in [0.2, 0.25) is 0 Å². The van der Waals surface area contributed by atoms with E-state index in [9.17, 15) is 16.8 Å². The van der Waals surface area contributed by atoms with E-state index in [1.165, 1.54) is 24.3 Å². The minimum absolute atomic E-state index is 0. The first-order valence-corrected chi connectivity index (χ1v) is 9.46. The van der Waals surface area contributed by atoms with Crippen molar-refractivity contribution in [3.05, 3.63) is 60.7 Å². The van der Waals surface area contributed by atoms with E-state index in [1.54, 1.807) is 36.4 Å². The van der Waals surface area contributed by atoms with Crippen LogP contribution >= 0.6 is 0 Å². The molecule has 0 fully saturated rings. The predicted molar refractivity (Wildman–Crippen MR) is 93.2 cm³/mol. The van der Waals surface area contributed by atoms with Gasteiger partial charge in [0.05, 0.1) is 0 Å². The Labute approximate surface area is 186 Å². The molecule has 120 valence electrons. The summed E-state index contributed by atoms with van der Waals surface area (Å²) in [5, 5.41) is 0. The largest absolute Gasteiger partial charge is 0.382 e. The van der Waals surface area contributed by atoms with Gasteiger partial charge in [0, 0.05) is 59.1 Å². The third kappa shape index (κ3) is 8.87. The summed E-state index contributed by atoms with van der Waals surface area (Å²) in [6.45, 7) is 0. The van der Waals surface area contributed by atoms with Gasteiger partial charge in [0.25, 0.3) is 0 Å². The molecule has 0 saturated heterocycles. The van der Waals surface area contributed by atoms with E-state index in [0.29, 0.717) is 0 Å². The first-order valence-electron chi connectivity index (χ1n) is 6.31. The van der Waals surface area contributed by atoms with Crippen molar-refractivity contribution >= 4 is 79.4 Å². The van der Waals surface area contributed by atoms with Gasteiger partial charge in [0.2, 0.25) is 0 Å². The van der Waals surface area contributed by atoms with Gasteiger partial charge in [-0.2, -0.15) is 16.8 Å². The second-order valence-corrected chi connectivity index (χ2v) is 7.70. The zero-order valence-electron chi connectivity index (χ0n) is 13.5. The van der Waals surface area contributed by atoms with Gasteiger partial charge in [-0.3, -0.25) is 0 Å². The van der Waals surface area contributed by atoms with Crippen LogP contribution in [0.25, 0.3) is 0 Å². The van der Waals surface area contributed by atoms with Crippen LogP contribution in [0, 0.1) is 0 Å². The fraction of sp³-hybridized carbons (Fsp3) is 0.143. The first-order chi connectivity index (χ1) is 10.4. The number of hydrogen-bond donors (Lipinski definition) is 0. The normalized spacial score (nSPS) is 10.8. The van der Waals surface area contributed by atoms with Gasteiger partial charge in [-0.1, -0.05) is 36.4 Å². The molecule has 2 aromatic rings. The third-order valence-electron chi connectivity index (χ3n) is 2.52. The molecule has 0 aliphatic heterocycles. The average molecular weight is 388 g/mol. The van der Waals surface area contributed by atoms with E-state index in [-0.39, 0.29) is 70.6 Å². The minimum atomic E-state index is -4.02. The summed E-state index contributed by atoms with van der Waals surface area (Å²) in [4.78, 5) is 0. The SMILES string of the molecule is O=S(=O)(CCS(=O)(=O)Oc1ccccc1)Oc1ccccc1.[Na].[Na]. The molecule has 0 saturated carbocycles. The molecule has 2 rings (SSSR count). The zero-order valence-corrected chi connectivity index (χ0v) is 19.1. The van der Waals surface area contributed by atoms with Gasteiger partial charge in [0.15, 0.2) is 0 Å². The van der Waals surface area contributed by atoms with Crippen molar-refractivity contribution in [3.8, 4) is 11.5 Å². The molecule has 24 heavy (non-hydrogen) atoms. The second-order valence-electron chi connectivity index (χ2n) is 4.32. The van der Waals surface area contributed by atoms with Crippen molar-refractivity contribution in [2.24, 2.45) is 0 Å². The molecule has 0 aliphatic carbocycles. The number of benzene rings is 2. The summed E-state index contributed by atoms with van der Waals surface area (Å²) in [7, 11) is -8.04. The van der Waals surface area contributed by atoms with Crippen LogP contribution in [0.4, 0.5) is 0 Å². The molecule has 0 aliphatic rings. The van der Waals surface area contributed by atoms with Crippen molar-refractivity contribution in [1.82, 2.24) is 0 Å². The Hall–Kier alpha value is -0.0600. The van der Waals surface area contributed by atoms with Crippen molar-refractivity contribution in [3.63, 3.8) is 0 Å². The Morgan fingerprint density at radius 3 is 1.17 bits per heavy atom. The number of rotatable bonds is 7.